The van der Waals surface area contributed by atoms with Crippen molar-refractivity contribution in [2.75, 3.05) is 49.3 Å². The molecule has 0 aliphatic heterocycles. The first-order valence-corrected chi connectivity index (χ1v) is 14.9. The van der Waals surface area contributed by atoms with E-state index in [-0.39, 0.29) is 18.4 Å². The second kappa shape index (κ2) is 21.5. The number of ether oxygens (including phenoxy) is 2. The van der Waals surface area contributed by atoms with E-state index in [9.17, 15) is 20.1 Å². The lowest BCUT2D eigenvalue weighted by atomic mass is 10.1. The van der Waals surface area contributed by atoms with E-state index in [1.165, 1.54) is 6.07 Å². The zero-order chi connectivity index (χ0) is 32.9. The van der Waals surface area contributed by atoms with Gasteiger partial charge in [0.15, 0.2) is 0 Å². The van der Waals surface area contributed by atoms with Crippen molar-refractivity contribution in [3.8, 4) is 5.75 Å². The van der Waals surface area contributed by atoms with E-state index in [4.69, 9.17) is 25.1 Å². The summed E-state index contributed by atoms with van der Waals surface area (Å²) in [5.74, 6) is -0.803. The number of phenols is 1. The number of aromatic hydroxyl groups is 1. The second-order valence-corrected chi connectivity index (χ2v) is 10.3. The van der Waals surface area contributed by atoms with Crippen molar-refractivity contribution in [1.82, 2.24) is 5.32 Å². The average Bonchev–Trinajstić information content (AvgIpc) is 2.99. The highest BCUT2D eigenvalue weighted by Gasteiger charge is 2.10. The Balaban J connectivity index is 0.00000166. The number of carbonyl (C=O) groups is 2. The quantitative estimate of drug-likeness (QED) is 0.0729. The molecule has 9 N–H and O–H groups in total. The summed E-state index contributed by atoms with van der Waals surface area (Å²) in [6.45, 7) is 4.16. The summed E-state index contributed by atoms with van der Waals surface area (Å²) in [5.41, 5.74) is 9.64. The zero-order valence-electron chi connectivity index (χ0n) is 25.7. The fourth-order valence-corrected chi connectivity index (χ4v) is 4.16. The lowest BCUT2D eigenvalue weighted by molar-refractivity contribution is -0.134. The third kappa shape index (κ3) is 16.4. The van der Waals surface area contributed by atoms with E-state index in [1.54, 1.807) is 36.4 Å². The standard InChI is InChI=1S/C31H42N4O6.C2H4O2/c32-26-8-6-10-28(19-26)35-31(39)34-27-9-5-7-23(17-27)22-41-16-15-40-14-4-2-1-3-13-33-20-30(38)24-11-12-29(37)25(18-24)21-36;1-2(3)4/h5-12,17-19,30,33,36-38H,1-4,13-16,20-22,32H2,(H2,34,35,39);1H3,(H,3,4)/t30-;/m0./s1. The number of rotatable bonds is 18. The fraction of sp³-hybridized carbons (Fsp3) is 0.394. The van der Waals surface area contributed by atoms with Gasteiger partial charge in [-0.05, 0) is 73.0 Å². The van der Waals surface area contributed by atoms with Crippen LogP contribution in [0.15, 0.2) is 66.7 Å². The van der Waals surface area contributed by atoms with Gasteiger partial charge in [0.2, 0.25) is 0 Å². The molecule has 12 nitrogen and oxygen atoms in total. The molecular formula is C33H46N4O8. The molecule has 0 aromatic heterocycles. The molecule has 3 rings (SSSR count). The normalized spacial score (nSPS) is 11.3. The molecule has 2 amide bonds. The van der Waals surface area contributed by atoms with Gasteiger partial charge in [-0.1, -0.05) is 37.1 Å². The molecule has 45 heavy (non-hydrogen) atoms. The number of nitrogens with two attached hydrogens (primary N) is 1. The highest BCUT2D eigenvalue weighted by Crippen LogP contribution is 2.22. The number of benzene rings is 3. The summed E-state index contributed by atoms with van der Waals surface area (Å²) in [6, 6.07) is 18.9. The number of unbranched alkanes of at least 4 members (excludes halogenated alkanes) is 3. The van der Waals surface area contributed by atoms with Gasteiger partial charge < -0.3 is 51.6 Å². The van der Waals surface area contributed by atoms with Gasteiger partial charge in [-0.25, -0.2) is 4.79 Å². The van der Waals surface area contributed by atoms with E-state index in [2.05, 4.69) is 16.0 Å². The average molecular weight is 627 g/mol. The number of aliphatic hydroxyl groups excluding tert-OH is 2. The molecule has 0 heterocycles. The minimum Gasteiger partial charge on any atom is -0.508 e. The minimum atomic E-state index is -0.833. The number of aliphatic carboxylic acids is 1. The summed E-state index contributed by atoms with van der Waals surface area (Å²) in [7, 11) is 0. The number of amides is 2. The Morgan fingerprint density at radius 1 is 0.867 bits per heavy atom. The van der Waals surface area contributed by atoms with E-state index in [0.717, 1.165) is 44.7 Å². The van der Waals surface area contributed by atoms with Crippen LogP contribution in [0, 0.1) is 0 Å². The maximum Gasteiger partial charge on any atom is 0.323 e. The highest BCUT2D eigenvalue weighted by molar-refractivity contribution is 6.00. The molecule has 0 spiro atoms. The molecular weight excluding hydrogens is 580 g/mol. The molecule has 1 atom stereocenters. The van der Waals surface area contributed by atoms with Gasteiger partial charge in [-0.15, -0.1) is 0 Å². The predicted molar refractivity (Wildman–Crippen MR) is 174 cm³/mol. The van der Waals surface area contributed by atoms with Crippen LogP contribution in [-0.2, 0) is 27.5 Å². The lowest BCUT2D eigenvalue weighted by Gasteiger charge is -2.14. The van der Waals surface area contributed by atoms with Crippen LogP contribution in [0.3, 0.4) is 0 Å². The molecule has 3 aromatic rings. The molecule has 0 unspecified atom stereocenters. The number of nitrogen functional groups attached to an aromatic ring is 1. The Morgan fingerprint density at radius 3 is 2.24 bits per heavy atom. The Labute approximate surface area is 264 Å². The minimum absolute atomic E-state index is 0.0299. The maximum absolute atomic E-state index is 12.2. The van der Waals surface area contributed by atoms with Crippen molar-refractivity contribution < 1.29 is 39.5 Å². The number of hydrogen-bond acceptors (Lipinski definition) is 9. The zero-order valence-corrected chi connectivity index (χ0v) is 25.7. The van der Waals surface area contributed by atoms with Crippen molar-refractivity contribution >= 4 is 29.1 Å². The van der Waals surface area contributed by atoms with Crippen LogP contribution in [0.4, 0.5) is 21.9 Å². The van der Waals surface area contributed by atoms with Gasteiger partial charge in [-0.3, -0.25) is 4.79 Å². The first-order valence-electron chi connectivity index (χ1n) is 14.9. The number of carboxylic acids is 1. The molecule has 0 saturated heterocycles. The number of anilines is 3. The van der Waals surface area contributed by atoms with Gasteiger partial charge in [-0.2, -0.15) is 0 Å². The van der Waals surface area contributed by atoms with Crippen molar-refractivity contribution in [3.63, 3.8) is 0 Å². The van der Waals surface area contributed by atoms with Crippen LogP contribution in [0.25, 0.3) is 0 Å². The second-order valence-electron chi connectivity index (χ2n) is 10.3. The molecule has 12 heteroatoms. The van der Waals surface area contributed by atoms with Crippen molar-refractivity contribution in [3.05, 3.63) is 83.4 Å². The van der Waals surface area contributed by atoms with Crippen LogP contribution in [0.2, 0.25) is 0 Å². The van der Waals surface area contributed by atoms with E-state index in [1.807, 2.05) is 24.3 Å². The van der Waals surface area contributed by atoms with Crippen LogP contribution in [0.1, 0.15) is 55.4 Å². The first-order chi connectivity index (χ1) is 21.7. The molecule has 0 saturated carbocycles. The summed E-state index contributed by atoms with van der Waals surface area (Å²) < 4.78 is 11.4. The highest BCUT2D eigenvalue weighted by atomic mass is 16.5. The molecule has 3 aromatic carbocycles. The van der Waals surface area contributed by atoms with Gasteiger partial charge in [0.25, 0.3) is 5.97 Å². The monoisotopic (exact) mass is 626 g/mol. The smallest absolute Gasteiger partial charge is 0.323 e. The van der Waals surface area contributed by atoms with Crippen LogP contribution < -0.4 is 21.7 Å². The molecule has 0 bridgehead atoms. The van der Waals surface area contributed by atoms with Gasteiger partial charge in [0.05, 0.1) is 32.5 Å². The van der Waals surface area contributed by atoms with E-state index in [0.29, 0.717) is 61.2 Å². The lowest BCUT2D eigenvalue weighted by Crippen LogP contribution is -2.22. The maximum atomic E-state index is 12.2. The first kappa shape index (κ1) is 37.0. The largest absolute Gasteiger partial charge is 0.508 e. The Bertz CT molecular complexity index is 1300. The third-order valence-corrected chi connectivity index (χ3v) is 6.36. The van der Waals surface area contributed by atoms with Crippen LogP contribution in [-0.4, -0.2) is 65.3 Å². The van der Waals surface area contributed by atoms with E-state index < -0.39 is 12.1 Å². The van der Waals surface area contributed by atoms with Crippen molar-refractivity contribution in [1.29, 1.82) is 0 Å². The third-order valence-electron chi connectivity index (χ3n) is 6.36. The number of urea groups is 1. The fourth-order valence-electron chi connectivity index (χ4n) is 4.16. The molecule has 0 radical (unpaired) electrons. The number of aliphatic hydroxyl groups is 2. The molecule has 0 fully saturated rings. The SMILES string of the molecule is CC(=O)O.Nc1cccc(NC(=O)Nc2cccc(COCCOCCCCCCNC[C@H](O)c3ccc(O)c(CO)c3)c2)c1. The number of nitrogens with one attached hydrogen (secondary N) is 3. The summed E-state index contributed by atoms with van der Waals surface area (Å²) in [5, 5.41) is 45.4. The number of hydrogen-bond donors (Lipinski definition) is 8. The summed E-state index contributed by atoms with van der Waals surface area (Å²) >= 11 is 0. The topological polar surface area (TPSA) is 196 Å². The number of carboxylic acid groups (broad SMARTS) is 1. The molecule has 246 valence electrons. The van der Waals surface area contributed by atoms with Gasteiger partial charge in [0, 0.05) is 42.7 Å². The van der Waals surface area contributed by atoms with E-state index >= 15 is 0 Å². The Hall–Kier alpha value is -4.20. The van der Waals surface area contributed by atoms with Crippen LogP contribution >= 0.6 is 0 Å². The number of carbonyl (C=O) groups excluding carboxylic acids is 1. The Kier molecular flexibility index (Phi) is 17.7. The van der Waals surface area contributed by atoms with Crippen molar-refractivity contribution in [2.24, 2.45) is 0 Å². The van der Waals surface area contributed by atoms with Gasteiger partial charge >= 0.3 is 6.03 Å². The summed E-state index contributed by atoms with van der Waals surface area (Å²) in [4.78, 5) is 21.2. The Morgan fingerprint density at radius 2 is 1.53 bits per heavy atom. The molecule has 0 aliphatic rings. The molecule has 0 aliphatic carbocycles. The van der Waals surface area contributed by atoms with Crippen LogP contribution in [0.5, 0.6) is 5.75 Å². The summed E-state index contributed by atoms with van der Waals surface area (Å²) in [6.07, 6.45) is 3.42. The predicted octanol–water partition coefficient (Wildman–Crippen LogP) is 4.62. The van der Waals surface area contributed by atoms with Crippen molar-refractivity contribution in [2.45, 2.75) is 51.9 Å². The van der Waals surface area contributed by atoms with Gasteiger partial charge in [0.1, 0.15) is 5.75 Å².